The Morgan fingerprint density at radius 3 is 1.64 bits per heavy atom. The first-order valence-corrected chi connectivity index (χ1v) is 10.0. The summed E-state index contributed by atoms with van der Waals surface area (Å²) >= 11 is 12.1. The van der Waals surface area contributed by atoms with Gasteiger partial charge in [-0.1, -0.05) is 47.5 Å². The predicted molar refractivity (Wildman–Crippen MR) is 105 cm³/mol. The lowest BCUT2D eigenvalue weighted by molar-refractivity contribution is -0.384. The lowest BCUT2D eigenvalue weighted by Gasteiger charge is -2.20. The topological polar surface area (TPSA) is 87.9 Å². The number of benzene rings is 3. The highest BCUT2D eigenvalue weighted by atomic mass is 35.5. The second kappa shape index (κ2) is 8.52. The van der Waals surface area contributed by atoms with Crippen molar-refractivity contribution in [2.45, 2.75) is 0 Å². The van der Waals surface area contributed by atoms with Crippen molar-refractivity contribution in [1.82, 2.24) is 0 Å². The number of halogens is 2. The van der Waals surface area contributed by atoms with Gasteiger partial charge in [0, 0.05) is 12.1 Å². The molecule has 0 N–H and O–H groups in total. The van der Waals surface area contributed by atoms with E-state index in [-0.39, 0.29) is 33.0 Å². The molecule has 3 aromatic carbocycles. The average Bonchev–Trinajstić information content (AvgIpc) is 2.66. The van der Waals surface area contributed by atoms with Crippen LogP contribution < -0.4 is 13.6 Å². The maximum absolute atomic E-state index is 13.3. The predicted octanol–water partition coefficient (Wildman–Crippen LogP) is 6.55. The third-order valence-corrected chi connectivity index (χ3v) is 5.26. The van der Waals surface area contributed by atoms with Crippen molar-refractivity contribution in [2.24, 2.45) is 0 Å². The van der Waals surface area contributed by atoms with Gasteiger partial charge < -0.3 is 13.6 Å². The van der Waals surface area contributed by atoms with Crippen LogP contribution in [0, 0.1) is 10.1 Å². The molecule has 10 heteroatoms. The maximum atomic E-state index is 13.3. The van der Waals surface area contributed by atoms with Crippen molar-refractivity contribution in [3.63, 3.8) is 0 Å². The molecule has 0 saturated carbocycles. The van der Waals surface area contributed by atoms with Crippen molar-refractivity contribution >= 4 is 36.7 Å². The van der Waals surface area contributed by atoms with Crippen molar-refractivity contribution in [3.05, 3.63) is 93.0 Å². The smallest absolute Gasteiger partial charge is 0.386 e. The first-order valence-electron chi connectivity index (χ1n) is 7.79. The Morgan fingerprint density at radius 2 is 1.21 bits per heavy atom. The lowest BCUT2D eigenvalue weighted by atomic mass is 10.3. The van der Waals surface area contributed by atoms with Gasteiger partial charge in [-0.15, -0.1) is 0 Å². The molecule has 0 atom stereocenters. The molecule has 0 aliphatic carbocycles. The molecule has 0 radical (unpaired) electrons. The van der Waals surface area contributed by atoms with Crippen LogP contribution in [0.2, 0.25) is 10.0 Å². The molecule has 0 spiro atoms. The van der Waals surface area contributed by atoms with E-state index in [2.05, 4.69) is 0 Å². The third-order valence-electron chi connectivity index (χ3n) is 3.36. The van der Waals surface area contributed by atoms with Crippen molar-refractivity contribution in [3.8, 4) is 17.2 Å². The monoisotopic (exact) mass is 439 g/mol. The number of nitrogens with zero attached hydrogens (tertiary/aromatic N) is 1. The highest BCUT2D eigenvalue weighted by Gasteiger charge is 2.34. The van der Waals surface area contributed by atoms with Gasteiger partial charge in [-0.25, -0.2) is 0 Å². The van der Waals surface area contributed by atoms with Crippen LogP contribution in [-0.2, 0) is 4.57 Å². The second-order valence-electron chi connectivity index (χ2n) is 5.33. The molecule has 28 heavy (non-hydrogen) atoms. The van der Waals surface area contributed by atoms with Crippen molar-refractivity contribution in [2.75, 3.05) is 0 Å². The van der Waals surface area contributed by atoms with E-state index in [1.165, 1.54) is 36.4 Å². The summed E-state index contributed by atoms with van der Waals surface area (Å²) in [5.41, 5.74) is -0.152. The minimum Gasteiger partial charge on any atom is -0.386 e. The Labute approximate surface area is 170 Å². The van der Waals surface area contributed by atoms with Crippen LogP contribution in [0.3, 0.4) is 0 Å². The zero-order valence-corrected chi connectivity index (χ0v) is 16.4. The van der Waals surface area contributed by atoms with E-state index < -0.39 is 12.7 Å². The fourth-order valence-electron chi connectivity index (χ4n) is 2.09. The SMILES string of the molecule is O=[N+]([O-])c1ccc(OP(=O)(Oc2ccccc2Cl)Oc2ccccc2Cl)cc1. The summed E-state index contributed by atoms with van der Waals surface area (Å²) in [5, 5.41) is 11.2. The molecule has 0 aromatic heterocycles. The number of non-ortho nitro benzene ring substituents is 1. The summed E-state index contributed by atoms with van der Waals surface area (Å²) in [6, 6.07) is 17.6. The van der Waals surface area contributed by atoms with E-state index in [9.17, 15) is 14.7 Å². The molecule has 0 aliphatic rings. The van der Waals surface area contributed by atoms with Gasteiger partial charge in [0.15, 0.2) is 11.5 Å². The number of hydrogen-bond donors (Lipinski definition) is 0. The fourth-order valence-corrected chi connectivity index (χ4v) is 3.84. The minimum atomic E-state index is -4.32. The van der Waals surface area contributed by atoms with E-state index in [0.717, 1.165) is 0 Å². The highest BCUT2D eigenvalue weighted by Crippen LogP contribution is 2.52. The maximum Gasteiger partial charge on any atom is 0.647 e. The number of nitro benzene ring substituents is 1. The second-order valence-corrected chi connectivity index (χ2v) is 7.59. The van der Waals surface area contributed by atoms with Crippen LogP contribution in [-0.4, -0.2) is 4.92 Å². The molecule has 0 fully saturated rings. The number of phosphoric acid groups is 1. The summed E-state index contributed by atoms with van der Waals surface area (Å²) in [6.45, 7) is 0. The standard InChI is InChI=1S/C18H12Cl2NO6P/c19-15-5-1-3-7-17(15)26-28(24,27-18-8-4-2-6-16(18)20)25-14-11-9-13(10-12-14)21(22)23/h1-12H. The largest absolute Gasteiger partial charge is 0.647 e. The van der Waals surface area contributed by atoms with Crippen LogP contribution in [0.5, 0.6) is 17.2 Å². The van der Waals surface area contributed by atoms with E-state index in [1.807, 2.05) is 0 Å². The number of hydrogen-bond acceptors (Lipinski definition) is 6. The van der Waals surface area contributed by atoms with E-state index >= 15 is 0 Å². The molecule has 0 bridgehead atoms. The van der Waals surface area contributed by atoms with Crippen LogP contribution in [0.15, 0.2) is 72.8 Å². The Kier molecular flexibility index (Phi) is 6.09. The molecule has 3 rings (SSSR count). The zero-order valence-electron chi connectivity index (χ0n) is 14.0. The first kappa shape index (κ1) is 20.0. The van der Waals surface area contributed by atoms with E-state index in [1.54, 1.807) is 36.4 Å². The van der Waals surface area contributed by atoms with Gasteiger partial charge in [-0.3, -0.25) is 10.1 Å². The zero-order chi connectivity index (χ0) is 20.1. The Bertz CT molecular complexity index is 993. The van der Waals surface area contributed by atoms with Crippen LogP contribution >= 0.6 is 31.0 Å². The number of para-hydroxylation sites is 2. The molecule has 0 unspecified atom stereocenters. The van der Waals surface area contributed by atoms with E-state index in [0.29, 0.717) is 0 Å². The minimum absolute atomic E-state index is 0.0352. The Morgan fingerprint density at radius 1 is 0.750 bits per heavy atom. The van der Waals surface area contributed by atoms with Gasteiger partial charge in [0.2, 0.25) is 0 Å². The van der Waals surface area contributed by atoms with Crippen molar-refractivity contribution < 1.29 is 23.1 Å². The quantitative estimate of drug-likeness (QED) is 0.235. The van der Waals surface area contributed by atoms with Crippen LogP contribution in [0.1, 0.15) is 0 Å². The molecular formula is C18H12Cl2NO6P. The average molecular weight is 440 g/mol. The number of phosphoric ester groups is 1. The van der Waals surface area contributed by atoms with Gasteiger partial charge in [0.05, 0.1) is 15.0 Å². The molecular weight excluding hydrogens is 428 g/mol. The Hall–Kier alpha value is -2.73. The summed E-state index contributed by atoms with van der Waals surface area (Å²) < 4.78 is 29.7. The Balaban J connectivity index is 1.93. The van der Waals surface area contributed by atoms with Crippen LogP contribution in [0.25, 0.3) is 0 Å². The molecule has 0 aliphatic heterocycles. The molecule has 0 amide bonds. The first-order chi connectivity index (χ1) is 13.4. The van der Waals surface area contributed by atoms with Gasteiger partial charge in [-0.05, 0) is 36.4 Å². The van der Waals surface area contributed by atoms with Crippen LogP contribution in [0.4, 0.5) is 5.69 Å². The number of rotatable bonds is 7. The lowest BCUT2D eigenvalue weighted by Crippen LogP contribution is -2.08. The number of nitro groups is 1. The normalized spacial score (nSPS) is 10.9. The van der Waals surface area contributed by atoms with Gasteiger partial charge in [-0.2, -0.15) is 4.57 Å². The van der Waals surface area contributed by atoms with E-state index in [4.69, 9.17) is 36.8 Å². The van der Waals surface area contributed by atoms with Gasteiger partial charge in [0.1, 0.15) is 5.75 Å². The fraction of sp³-hybridized carbons (Fsp3) is 0. The molecule has 0 heterocycles. The highest BCUT2D eigenvalue weighted by molar-refractivity contribution is 7.49. The third kappa shape index (κ3) is 4.95. The molecule has 3 aromatic rings. The molecule has 7 nitrogen and oxygen atoms in total. The molecule has 144 valence electrons. The molecule has 0 saturated heterocycles. The summed E-state index contributed by atoms with van der Waals surface area (Å²) in [7, 11) is -4.32. The van der Waals surface area contributed by atoms with Gasteiger partial charge >= 0.3 is 7.82 Å². The summed E-state index contributed by atoms with van der Waals surface area (Å²) in [5.74, 6) is 0.177. The van der Waals surface area contributed by atoms with Crippen molar-refractivity contribution in [1.29, 1.82) is 0 Å². The summed E-state index contributed by atoms with van der Waals surface area (Å²) in [6.07, 6.45) is 0. The summed E-state index contributed by atoms with van der Waals surface area (Å²) in [4.78, 5) is 10.2. The van der Waals surface area contributed by atoms with Gasteiger partial charge in [0.25, 0.3) is 5.69 Å².